The van der Waals surface area contributed by atoms with Gasteiger partial charge in [-0.2, -0.15) is 5.10 Å². The number of fused-ring (bicyclic) bond motifs is 1. The third-order valence-electron chi connectivity index (χ3n) is 4.64. The van der Waals surface area contributed by atoms with E-state index >= 15 is 0 Å². The fourth-order valence-corrected chi connectivity index (χ4v) is 3.38. The molecular formula is C17H19N5O. The van der Waals surface area contributed by atoms with Crippen LogP contribution in [0.15, 0.2) is 36.7 Å². The summed E-state index contributed by atoms with van der Waals surface area (Å²) in [6.07, 6.45) is 5.79. The van der Waals surface area contributed by atoms with E-state index in [2.05, 4.69) is 15.2 Å². The first kappa shape index (κ1) is 14.0. The van der Waals surface area contributed by atoms with Crippen LogP contribution in [0.4, 0.5) is 0 Å². The van der Waals surface area contributed by atoms with Gasteiger partial charge in [-0.25, -0.2) is 4.98 Å². The van der Waals surface area contributed by atoms with Crippen molar-refractivity contribution in [2.75, 3.05) is 13.1 Å². The first-order chi connectivity index (χ1) is 11.2. The first-order valence-corrected chi connectivity index (χ1v) is 7.96. The number of H-pyrrole nitrogens is 1. The van der Waals surface area contributed by atoms with Crippen LogP contribution in [0, 0.1) is 6.92 Å². The van der Waals surface area contributed by atoms with Gasteiger partial charge in [0.25, 0.3) is 5.91 Å². The Morgan fingerprint density at radius 3 is 3.04 bits per heavy atom. The summed E-state index contributed by atoms with van der Waals surface area (Å²) in [5, 5.41) is 7.06. The van der Waals surface area contributed by atoms with Gasteiger partial charge in [0.2, 0.25) is 0 Å². The summed E-state index contributed by atoms with van der Waals surface area (Å²) in [5.74, 6) is 0.350. The Balaban J connectivity index is 1.61. The topological polar surface area (TPSA) is 66.3 Å². The average molecular weight is 309 g/mol. The van der Waals surface area contributed by atoms with E-state index in [-0.39, 0.29) is 5.91 Å². The van der Waals surface area contributed by atoms with Gasteiger partial charge in [-0.05, 0) is 38.0 Å². The number of likely N-dealkylation sites (tertiary alicyclic amines) is 1. The van der Waals surface area contributed by atoms with Crippen molar-refractivity contribution in [1.82, 2.24) is 24.5 Å². The highest BCUT2D eigenvalue weighted by atomic mass is 16.2. The van der Waals surface area contributed by atoms with Crippen LogP contribution in [-0.2, 0) is 0 Å². The lowest BCUT2D eigenvalue weighted by atomic mass is 9.94. The van der Waals surface area contributed by atoms with Crippen LogP contribution >= 0.6 is 0 Å². The molecule has 6 nitrogen and oxygen atoms in total. The number of carbonyl (C=O) groups excluding carboxylic acids is 1. The number of amides is 1. The van der Waals surface area contributed by atoms with Crippen molar-refractivity contribution in [3.05, 3.63) is 53.7 Å². The van der Waals surface area contributed by atoms with Crippen molar-refractivity contribution >= 4 is 11.6 Å². The molecule has 0 saturated carbocycles. The minimum atomic E-state index is 0.0235. The summed E-state index contributed by atoms with van der Waals surface area (Å²) in [6, 6.07) is 7.80. The van der Waals surface area contributed by atoms with Gasteiger partial charge in [-0.1, -0.05) is 6.07 Å². The molecule has 1 unspecified atom stereocenters. The average Bonchev–Trinajstić information content (AvgIpc) is 3.23. The molecule has 1 aliphatic heterocycles. The minimum Gasteiger partial charge on any atom is -0.337 e. The maximum absolute atomic E-state index is 12.9. The second kappa shape index (κ2) is 5.53. The molecule has 1 atom stereocenters. The number of imidazole rings is 1. The highest BCUT2D eigenvalue weighted by Crippen LogP contribution is 2.26. The van der Waals surface area contributed by atoms with Crippen LogP contribution in [0.3, 0.4) is 0 Å². The Hall–Kier alpha value is -2.63. The Morgan fingerprint density at radius 1 is 1.35 bits per heavy atom. The van der Waals surface area contributed by atoms with Crippen molar-refractivity contribution in [2.24, 2.45) is 0 Å². The lowest BCUT2D eigenvalue weighted by Gasteiger charge is -2.31. The predicted octanol–water partition coefficient (Wildman–Crippen LogP) is 2.39. The second-order valence-electron chi connectivity index (χ2n) is 6.08. The number of aryl methyl sites for hydroxylation is 1. The Bertz CT molecular complexity index is 836. The number of rotatable bonds is 2. The number of aromatic nitrogens is 4. The molecular weight excluding hydrogens is 290 g/mol. The van der Waals surface area contributed by atoms with Crippen LogP contribution in [0.25, 0.3) is 5.65 Å². The summed E-state index contributed by atoms with van der Waals surface area (Å²) in [4.78, 5) is 19.4. The van der Waals surface area contributed by atoms with Gasteiger partial charge in [-0.3, -0.25) is 9.89 Å². The van der Waals surface area contributed by atoms with Crippen LogP contribution < -0.4 is 0 Å². The molecule has 0 radical (unpaired) electrons. The molecule has 4 heterocycles. The number of nitrogens with zero attached hydrogens (tertiary/aromatic N) is 4. The van der Waals surface area contributed by atoms with Crippen molar-refractivity contribution in [1.29, 1.82) is 0 Å². The maximum atomic E-state index is 12.9. The molecule has 6 heteroatoms. The number of hydrogen-bond acceptors (Lipinski definition) is 3. The molecule has 4 rings (SSSR count). The number of hydrogen-bond donors (Lipinski definition) is 1. The van der Waals surface area contributed by atoms with E-state index in [4.69, 9.17) is 0 Å². The van der Waals surface area contributed by atoms with Crippen molar-refractivity contribution in [3.8, 4) is 0 Å². The molecule has 23 heavy (non-hydrogen) atoms. The molecule has 1 fully saturated rings. The number of piperidine rings is 1. The largest absolute Gasteiger partial charge is 0.337 e. The monoisotopic (exact) mass is 309 g/mol. The molecule has 3 aromatic heterocycles. The van der Waals surface area contributed by atoms with E-state index in [0.717, 1.165) is 36.4 Å². The third-order valence-corrected chi connectivity index (χ3v) is 4.64. The molecule has 1 amide bonds. The molecule has 0 aliphatic carbocycles. The minimum absolute atomic E-state index is 0.0235. The fourth-order valence-electron chi connectivity index (χ4n) is 3.38. The van der Waals surface area contributed by atoms with Crippen LogP contribution in [0.1, 0.15) is 40.6 Å². The molecule has 0 spiro atoms. The van der Waals surface area contributed by atoms with Crippen LogP contribution in [-0.4, -0.2) is 43.5 Å². The summed E-state index contributed by atoms with van der Waals surface area (Å²) in [6.45, 7) is 3.45. The number of carbonyl (C=O) groups is 1. The van der Waals surface area contributed by atoms with Crippen molar-refractivity contribution < 1.29 is 4.79 Å². The van der Waals surface area contributed by atoms with E-state index in [1.807, 2.05) is 46.7 Å². The predicted molar refractivity (Wildman–Crippen MR) is 86.4 cm³/mol. The fraction of sp³-hybridized carbons (Fsp3) is 0.353. The molecule has 118 valence electrons. The van der Waals surface area contributed by atoms with Gasteiger partial charge in [-0.15, -0.1) is 0 Å². The van der Waals surface area contributed by atoms with E-state index in [9.17, 15) is 4.79 Å². The lowest BCUT2D eigenvalue weighted by Crippen LogP contribution is -2.39. The third kappa shape index (κ3) is 2.40. The molecule has 0 aromatic carbocycles. The molecule has 1 N–H and O–H groups in total. The quantitative estimate of drug-likeness (QED) is 0.790. The normalized spacial score (nSPS) is 18.5. The van der Waals surface area contributed by atoms with Crippen LogP contribution in [0.5, 0.6) is 0 Å². The summed E-state index contributed by atoms with van der Waals surface area (Å²) in [5.41, 5.74) is 3.38. The molecule has 1 saturated heterocycles. The van der Waals surface area contributed by atoms with Gasteiger partial charge in [0, 0.05) is 37.1 Å². The van der Waals surface area contributed by atoms with E-state index in [0.29, 0.717) is 18.2 Å². The second-order valence-corrected chi connectivity index (χ2v) is 6.08. The maximum Gasteiger partial charge on any atom is 0.274 e. The summed E-state index contributed by atoms with van der Waals surface area (Å²) >= 11 is 0. The SMILES string of the molecule is Cc1c(C(=O)N2CCCC(c3ccn[nH]3)C2)nc2ccccn12. The standard InChI is InChI=1S/C17H19N5O/c1-12-16(19-15-6-2-3-10-22(12)15)17(23)21-9-4-5-13(11-21)14-7-8-18-20-14/h2-3,6-8,10,13H,4-5,9,11H2,1H3,(H,18,20). The van der Waals surface area contributed by atoms with Gasteiger partial charge in [0.15, 0.2) is 0 Å². The summed E-state index contributed by atoms with van der Waals surface area (Å²) < 4.78 is 1.96. The number of nitrogens with one attached hydrogen (secondary N) is 1. The van der Waals surface area contributed by atoms with Gasteiger partial charge in [0.1, 0.15) is 11.3 Å². The Labute approximate surface area is 134 Å². The molecule has 1 aliphatic rings. The van der Waals surface area contributed by atoms with Crippen molar-refractivity contribution in [3.63, 3.8) is 0 Å². The van der Waals surface area contributed by atoms with E-state index in [1.54, 1.807) is 6.20 Å². The van der Waals surface area contributed by atoms with Gasteiger partial charge in [0.05, 0.1) is 5.69 Å². The van der Waals surface area contributed by atoms with E-state index in [1.165, 1.54) is 0 Å². The zero-order valence-corrected chi connectivity index (χ0v) is 13.1. The Kier molecular flexibility index (Phi) is 3.37. The van der Waals surface area contributed by atoms with Crippen LogP contribution in [0.2, 0.25) is 0 Å². The highest BCUT2D eigenvalue weighted by Gasteiger charge is 2.28. The number of aromatic amines is 1. The van der Waals surface area contributed by atoms with E-state index < -0.39 is 0 Å². The molecule has 3 aromatic rings. The van der Waals surface area contributed by atoms with Gasteiger partial charge >= 0.3 is 0 Å². The first-order valence-electron chi connectivity index (χ1n) is 7.96. The number of pyridine rings is 1. The lowest BCUT2D eigenvalue weighted by molar-refractivity contribution is 0.0699. The molecule has 0 bridgehead atoms. The van der Waals surface area contributed by atoms with Gasteiger partial charge < -0.3 is 9.30 Å². The van der Waals surface area contributed by atoms with Crippen molar-refractivity contribution in [2.45, 2.75) is 25.7 Å². The zero-order chi connectivity index (χ0) is 15.8. The highest BCUT2D eigenvalue weighted by molar-refractivity contribution is 5.94. The zero-order valence-electron chi connectivity index (χ0n) is 13.1. The smallest absolute Gasteiger partial charge is 0.274 e. The Morgan fingerprint density at radius 2 is 2.26 bits per heavy atom. The summed E-state index contributed by atoms with van der Waals surface area (Å²) in [7, 11) is 0.